The molecule has 0 saturated carbocycles. The number of hydrogen-bond donors (Lipinski definition) is 1. The van der Waals surface area contributed by atoms with E-state index in [2.05, 4.69) is 33.8 Å². The molecule has 0 aromatic carbocycles. The number of methoxy groups -OCH3 is 1. The van der Waals surface area contributed by atoms with E-state index in [1.165, 1.54) is 24.8 Å². The lowest BCUT2D eigenvalue weighted by Gasteiger charge is -2.38. The molecule has 2 heterocycles. The molecular formula is C17H31ClN4O. The van der Waals surface area contributed by atoms with E-state index in [1.54, 1.807) is 7.11 Å². The molecule has 23 heavy (non-hydrogen) atoms. The Hall–Kier alpha value is -0.880. The van der Waals surface area contributed by atoms with Gasteiger partial charge in [-0.05, 0) is 37.9 Å². The molecule has 1 fully saturated rings. The fraction of sp³-hybridized carbons (Fsp3) is 0.706. The number of nitrogens with zero attached hydrogens (tertiary/aromatic N) is 3. The summed E-state index contributed by atoms with van der Waals surface area (Å²) in [5.41, 5.74) is 7.41. The average molecular weight is 343 g/mol. The second-order valence-corrected chi connectivity index (χ2v) is 6.33. The smallest absolute Gasteiger partial charge is 0.128 e. The fourth-order valence-corrected chi connectivity index (χ4v) is 3.12. The quantitative estimate of drug-likeness (QED) is 0.824. The molecule has 2 rings (SSSR count). The highest BCUT2D eigenvalue weighted by Gasteiger charge is 2.25. The van der Waals surface area contributed by atoms with Gasteiger partial charge in [-0.2, -0.15) is 0 Å². The Morgan fingerprint density at radius 3 is 2.83 bits per heavy atom. The Labute approximate surface area is 146 Å². The van der Waals surface area contributed by atoms with Gasteiger partial charge in [0.15, 0.2) is 0 Å². The van der Waals surface area contributed by atoms with E-state index >= 15 is 0 Å². The molecule has 1 aromatic rings. The minimum atomic E-state index is 0. The molecule has 2 unspecified atom stereocenters. The van der Waals surface area contributed by atoms with Gasteiger partial charge in [-0.3, -0.25) is 4.90 Å². The first kappa shape index (κ1) is 20.2. The van der Waals surface area contributed by atoms with Crippen LogP contribution < -0.4 is 10.6 Å². The summed E-state index contributed by atoms with van der Waals surface area (Å²) in [7, 11) is 3.76. The lowest BCUT2D eigenvalue weighted by Crippen LogP contribution is -2.48. The van der Waals surface area contributed by atoms with Crippen molar-refractivity contribution in [2.24, 2.45) is 5.73 Å². The van der Waals surface area contributed by atoms with Gasteiger partial charge in [0.05, 0.1) is 6.61 Å². The first-order chi connectivity index (χ1) is 10.6. The van der Waals surface area contributed by atoms with Crippen molar-refractivity contribution in [2.75, 3.05) is 38.8 Å². The van der Waals surface area contributed by atoms with E-state index in [0.717, 1.165) is 25.5 Å². The average Bonchev–Trinajstić information content (AvgIpc) is 2.53. The highest BCUT2D eigenvalue weighted by atomic mass is 35.5. The van der Waals surface area contributed by atoms with Gasteiger partial charge in [0.25, 0.3) is 0 Å². The Balaban J connectivity index is 0.00000264. The topological polar surface area (TPSA) is 54.6 Å². The maximum atomic E-state index is 6.15. The van der Waals surface area contributed by atoms with Crippen LogP contribution in [0, 0.1) is 0 Å². The highest BCUT2D eigenvalue weighted by molar-refractivity contribution is 5.85. The van der Waals surface area contributed by atoms with E-state index in [9.17, 15) is 0 Å². The molecule has 0 radical (unpaired) electrons. The molecule has 6 heteroatoms. The van der Waals surface area contributed by atoms with Gasteiger partial charge >= 0.3 is 0 Å². The van der Waals surface area contributed by atoms with Crippen LogP contribution in [0.1, 0.15) is 31.7 Å². The van der Waals surface area contributed by atoms with Crippen LogP contribution in [-0.2, 0) is 11.3 Å². The maximum Gasteiger partial charge on any atom is 0.128 e. The molecule has 0 spiro atoms. The summed E-state index contributed by atoms with van der Waals surface area (Å²) in [5, 5.41) is 0. The molecule has 0 aliphatic carbocycles. The molecular weight excluding hydrogens is 312 g/mol. The van der Waals surface area contributed by atoms with Crippen LogP contribution in [0.15, 0.2) is 18.3 Å². The molecule has 132 valence electrons. The van der Waals surface area contributed by atoms with Gasteiger partial charge in [0, 0.05) is 45.5 Å². The molecule has 1 aliphatic rings. The first-order valence-corrected chi connectivity index (χ1v) is 8.26. The van der Waals surface area contributed by atoms with Gasteiger partial charge in [0.1, 0.15) is 5.82 Å². The lowest BCUT2D eigenvalue weighted by molar-refractivity contribution is 0.123. The minimum absolute atomic E-state index is 0. The van der Waals surface area contributed by atoms with E-state index in [0.29, 0.717) is 12.6 Å². The Kier molecular flexibility index (Phi) is 8.84. The minimum Gasteiger partial charge on any atom is -0.383 e. The van der Waals surface area contributed by atoms with Gasteiger partial charge in [-0.15, -0.1) is 12.4 Å². The number of pyridine rings is 1. The van der Waals surface area contributed by atoms with Crippen molar-refractivity contribution in [1.82, 2.24) is 9.88 Å². The van der Waals surface area contributed by atoms with E-state index in [1.807, 2.05) is 13.2 Å². The summed E-state index contributed by atoms with van der Waals surface area (Å²) < 4.78 is 5.10. The number of likely N-dealkylation sites (N-methyl/N-ethyl adjacent to an activating group) is 1. The molecule has 1 aromatic heterocycles. The molecule has 5 nitrogen and oxygen atoms in total. The maximum absolute atomic E-state index is 6.15. The summed E-state index contributed by atoms with van der Waals surface area (Å²) in [4.78, 5) is 9.20. The molecule has 2 N–H and O–H groups in total. The SMILES string of the molecule is COCCN(C)c1ccc(CN2CCCCC2C(C)N)cn1.Cl. The van der Waals surface area contributed by atoms with Crippen molar-refractivity contribution in [3.8, 4) is 0 Å². The van der Waals surface area contributed by atoms with Crippen molar-refractivity contribution < 1.29 is 4.74 Å². The monoisotopic (exact) mass is 342 g/mol. The van der Waals surface area contributed by atoms with Crippen LogP contribution in [0.4, 0.5) is 5.82 Å². The number of ether oxygens (including phenoxy) is 1. The molecule has 2 atom stereocenters. The lowest BCUT2D eigenvalue weighted by atomic mass is 9.96. The Bertz CT molecular complexity index is 441. The van der Waals surface area contributed by atoms with Gasteiger partial charge in [-0.1, -0.05) is 12.5 Å². The molecule has 1 aliphatic heterocycles. The second kappa shape index (κ2) is 10.1. The third kappa shape index (κ3) is 5.92. The first-order valence-electron chi connectivity index (χ1n) is 8.26. The number of nitrogens with two attached hydrogens (primary N) is 1. The number of aromatic nitrogens is 1. The third-order valence-electron chi connectivity index (χ3n) is 4.49. The van der Waals surface area contributed by atoms with Crippen molar-refractivity contribution in [3.63, 3.8) is 0 Å². The van der Waals surface area contributed by atoms with Crippen LogP contribution in [0.3, 0.4) is 0 Å². The predicted molar refractivity (Wildman–Crippen MR) is 98.3 cm³/mol. The van der Waals surface area contributed by atoms with Gasteiger partial charge in [0.2, 0.25) is 0 Å². The third-order valence-corrected chi connectivity index (χ3v) is 4.49. The van der Waals surface area contributed by atoms with Crippen molar-refractivity contribution in [3.05, 3.63) is 23.9 Å². The zero-order chi connectivity index (χ0) is 15.9. The number of anilines is 1. The summed E-state index contributed by atoms with van der Waals surface area (Å²) in [6.07, 6.45) is 5.77. The van der Waals surface area contributed by atoms with E-state index in [-0.39, 0.29) is 18.4 Å². The number of piperidine rings is 1. The number of halogens is 1. The largest absolute Gasteiger partial charge is 0.383 e. The fourth-order valence-electron chi connectivity index (χ4n) is 3.12. The number of likely N-dealkylation sites (tertiary alicyclic amines) is 1. The normalized spacial score (nSPS) is 19.9. The van der Waals surface area contributed by atoms with Crippen LogP contribution in [0.5, 0.6) is 0 Å². The van der Waals surface area contributed by atoms with Crippen LogP contribution >= 0.6 is 12.4 Å². The van der Waals surface area contributed by atoms with Crippen LogP contribution in [-0.4, -0.2) is 55.8 Å². The number of rotatable bonds is 7. The summed E-state index contributed by atoms with van der Waals surface area (Å²) in [6, 6.07) is 5.00. The molecule has 1 saturated heterocycles. The van der Waals surface area contributed by atoms with Crippen molar-refractivity contribution in [2.45, 2.75) is 44.8 Å². The number of hydrogen-bond acceptors (Lipinski definition) is 5. The predicted octanol–water partition coefficient (Wildman–Crippen LogP) is 2.29. The summed E-state index contributed by atoms with van der Waals surface area (Å²) in [6.45, 7) is 5.77. The summed E-state index contributed by atoms with van der Waals surface area (Å²) in [5.74, 6) is 0.989. The zero-order valence-corrected chi connectivity index (χ0v) is 15.4. The zero-order valence-electron chi connectivity index (χ0n) is 14.6. The Morgan fingerprint density at radius 1 is 1.43 bits per heavy atom. The molecule has 0 bridgehead atoms. The second-order valence-electron chi connectivity index (χ2n) is 6.33. The van der Waals surface area contributed by atoms with Gasteiger partial charge < -0.3 is 15.4 Å². The van der Waals surface area contributed by atoms with Crippen LogP contribution in [0.2, 0.25) is 0 Å². The van der Waals surface area contributed by atoms with Crippen LogP contribution in [0.25, 0.3) is 0 Å². The summed E-state index contributed by atoms with van der Waals surface area (Å²) >= 11 is 0. The van der Waals surface area contributed by atoms with Crippen molar-refractivity contribution >= 4 is 18.2 Å². The molecule has 0 amide bonds. The standard InChI is InChI=1S/C17H30N4O.ClH/c1-14(18)16-6-4-5-9-21(16)13-15-7-8-17(19-12-15)20(2)10-11-22-3;/h7-8,12,14,16H,4-6,9-11,13,18H2,1-3H3;1H. The Morgan fingerprint density at radius 2 is 2.22 bits per heavy atom. The highest BCUT2D eigenvalue weighted by Crippen LogP contribution is 2.21. The van der Waals surface area contributed by atoms with Crippen molar-refractivity contribution in [1.29, 1.82) is 0 Å². The van der Waals surface area contributed by atoms with Gasteiger partial charge in [-0.25, -0.2) is 4.98 Å². The van der Waals surface area contributed by atoms with E-state index < -0.39 is 0 Å². The van der Waals surface area contributed by atoms with E-state index in [4.69, 9.17) is 10.5 Å².